The molecule has 2 nitrogen and oxygen atoms in total. The van der Waals surface area contributed by atoms with Crippen LogP contribution < -0.4 is 0 Å². The van der Waals surface area contributed by atoms with E-state index in [0.717, 1.165) is 6.92 Å². The molecule has 1 saturated carbocycles. The molecule has 0 aliphatic heterocycles. The Balaban J connectivity index is 2.31. The third-order valence-electron chi connectivity index (χ3n) is 3.10. The number of hydrogen-bond donors (Lipinski definition) is 1. The SMILES string of the molecule is CC(F)(F)c1ccc(C2(C(=O)O)CC2)cc1. The number of carboxylic acids is 1. The van der Waals surface area contributed by atoms with E-state index in [0.29, 0.717) is 18.4 Å². The number of benzene rings is 1. The summed E-state index contributed by atoms with van der Waals surface area (Å²) in [6.45, 7) is 0.825. The summed E-state index contributed by atoms with van der Waals surface area (Å²) in [5, 5.41) is 9.04. The minimum absolute atomic E-state index is 0.0857. The maximum atomic E-state index is 12.9. The van der Waals surface area contributed by atoms with E-state index in [1.807, 2.05) is 0 Å². The lowest BCUT2D eigenvalue weighted by Crippen LogP contribution is -2.19. The van der Waals surface area contributed by atoms with E-state index in [1.54, 1.807) is 0 Å². The zero-order chi connectivity index (χ0) is 12.0. The van der Waals surface area contributed by atoms with Gasteiger partial charge in [-0.2, -0.15) is 0 Å². The summed E-state index contributed by atoms with van der Waals surface area (Å²) in [5.41, 5.74) is -0.285. The minimum Gasteiger partial charge on any atom is -0.481 e. The molecule has 1 aliphatic carbocycles. The van der Waals surface area contributed by atoms with Crippen molar-refractivity contribution in [1.82, 2.24) is 0 Å². The maximum Gasteiger partial charge on any atom is 0.314 e. The van der Waals surface area contributed by atoms with Crippen LogP contribution in [0.25, 0.3) is 0 Å². The molecule has 1 aromatic carbocycles. The normalized spacial score (nSPS) is 18.2. The second-order valence-corrected chi connectivity index (χ2v) is 4.35. The van der Waals surface area contributed by atoms with Crippen LogP contribution in [0.1, 0.15) is 30.9 Å². The van der Waals surface area contributed by atoms with Crippen molar-refractivity contribution in [2.75, 3.05) is 0 Å². The van der Waals surface area contributed by atoms with Crippen molar-refractivity contribution < 1.29 is 18.7 Å². The minimum atomic E-state index is -2.88. The number of rotatable bonds is 3. The molecule has 1 aliphatic rings. The zero-order valence-corrected chi connectivity index (χ0v) is 8.84. The maximum absolute atomic E-state index is 12.9. The van der Waals surface area contributed by atoms with Crippen molar-refractivity contribution in [3.05, 3.63) is 35.4 Å². The van der Waals surface area contributed by atoms with Crippen LogP contribution >= 0.6 is 0 Å². The average Bonchev–Trinajstić information content (AvgIpc) is 2.97. The number of alkyl halides is 2. The zero-order valence-electron chi connectivity index (χ0n) is 8.84. The average molecular weight is 226 g/mol. The number of hydrogen-bond acceptors (Lipinski definition) is 1. The van der Waals surface area contributed by atoms with Crippen LogP contribution in [-0.2, 0) is 16.1 Å². The van der Waals surface area contributed by atoms with Gasteiger partial charge in [0.2, 0.25) is 0 Å². The Labute approximate surface area is 91.9 Å². The van der Waals surface area contributed by atoms with Crippen LogP contribution in [0.15, 0.2) is 24.3 Å². The molecule has 0 atom stereocenters. The van der Waals surface area contributed by atoms with Crippen LogP contribution in [0.3, 0.4) is 0 Å². The highest BCUT2D eigenvalue weighted by atomic mass is 19.3. The van der Waals surface area contributed by atoms with Gasteiger partial charge in [0, 0.05) is 12.5 Å². The lowest BCUT2D eigenvalue weighted by atomic mass is 9.94. The fourth-order valence-corrected chi connectivity index (χ4v) is 1.83. The summed E-state index contributed by atoms with van der Waals surface area (Å²) in [6, 6.07) is 5.60. The van der Waals surface area contributed by atoms with Crippen molar-refractivity contribution >= 4 is 5.97 Å². The Morgan fingerprint density at radius 2 is 1.81 bits per heavy atom. The highest BCUT2D eigenvalue weighted by Crippen LogP contribution is 2.48. The monoisotopic (exact) mass is 226 g/mol. The quantitative estimate of drug-likeness (QED) is 0.860. The van der Waals surface area contributed by atoms with E-state index < -0.39 is 17.3 Å². The summed E-state index contributed by atoms with van der Waals surface area (Å²) in [4.78, 5) is 11.0. The summed E-state index contributed by atoms with van der Waals surface area (Å²) >= 11 is 0. The molecule has 1 aromatic rings. The number of carbonyl (C=O) groups is 1. The van der Waals surface area contributed by atoms with Crippen LogP contribution in [0, 0.1) is 0 Å². The smallest absolute Gasteiger partial charge is 0.314 e. The van der Waals surface area contributed by atoms with E-state index in [1.165, 1.54) is 24.3 Å². The molecule has 0 spiro atoms. The molecule has 4 heteroatoms. The van der Waals surface area contributed by atoms with Crippen molar-refractivity contribution in [3.8, 4) is 0 Å². The fraction of sp³-hybridized carbons (Fsp3) is 0.417. The lowest BCUT2D eigenvalue weighted by Gasteiger charge is -2.13. The number of carboxylic acid groups (broad SMARTS) is 1. The molecular formula is C12H12F2O2. The van der Waals surface area contributed by atoms with E-state index in [2.05, 4.69) is 0 Å². The third kappa shape index (κ3) is 1.68. The third-order valence-corrected chi connectivity index (χ3v) is 3.10. The molecule has 0 heterocycles. The van der Waals surface area contributed by atoms with E-state index in [-0.39, 0.29) is 5.56 Å². The number of halogens is 2. The molecule has 0 bridgehead atoms. The highest BCUT2D eigenvalue weighted by Gasteiger charge is 2.51. The first kappa shape index (κ1) is 11.0. The molecule has 0 unspecified atom stereocenters. The molecule has 0 saturated heterocycles. The molecule has 0 aromatic heterocycles. The molecule has 1 fully saturated rings. The van der Waals surface area contributed by atoms with Crippen LogP contribution in [0.5, 0.6) is 0 Å². The molecule has 2 rings (SSSR count). The lowest BCUT2D eigenvalue weighted by molar-refractivity contribution is -0.140. The molecule has 0 amide bonds. The predicted molar refractivity (Wildman–Crippen MR) is 54.6 cm³/mol. The number of aliphatic carboxylic acids is 1. The standard InChI is InChI=1S/C12H12F2O2/c1-11(13,14)8-2-4-9(5-3-8)12(6-7-12)10(15)16/h2-5H,6-7H2,1H3,(H,15,16). The van der Waals surface area contributed by atoms with Gasteiger partial charge in [-0.1, -0.05) is 24.3 Å². The van der Waals surface area contributed by atoms with Gasteiger partial charge in [0.25, 0.3) is 5.92 Å². The Morgan fingerprint density at radius 1 is 1.31 bits per heavy atom. The Kier molecular flexibility index (Phi) is 2.26. The first-order valence-corrected chi connectivity index (χ1v) is 5.08. The first-order valence-electron chi connectivity index (χ1n) is 5.08. The topological polar surface area (TPSA) is 37.3 Å². The molecule has 16 heavy (non-hydrogen) atoms. The van der Waals surface area contributed by atoms with E-state index in [9.17, 15) is 13.6 Å². The van der Waals surface area contributed by atoms with Crippen LogP contribution in [-0.4, -0.2) is 11.1 Å². The van der Waals surface area contributed by atoms with Gasteiger partial charge < -0.3 is 5.11 Å². The van der Waals surface area contributed by atoms with Gasteiger partial charge >= 0.3 is 5.97 Å². The second-order valence-electron chi connectivity index (χ2n) is 4.35. The van der Waals surface area contributed by atoms with E-state index in [4.69, 9.17) is 5.11 Å². The van der Waals surface area contributed by atoms with Crippen LogP contribution in [0.2, 0.25) is 0 Å². The van der Waals surface area contributed by atoms with Gasteiger partial charge in [0.1, 0.15) is 0 Å². The fourth-order valence-electron chi connectivity index (χ4n) is 1.83. The Bertz CT molecular complexity index is 414. The first-order chi connectivity index (χ1) is 7.36. The van der Waals surface area contributed by atoms with Crippen molar-refractivity contribution in [3.63, 3.8) is 0 Å². The Hall–Kier alpha value is -1.45. The van der Waals surface area contributed by atoms with Gasteiger partial charge in [-0.25, -0.2) is 8.78 Å². The van der Waals surface area contributed by atoms with Crippen molar-refractivity contribution in [1.29, 1.82) is 0 Å². The molecule has 0 radical (unpaired) electrons. The van der Waals surface area contributed by atoms with Gasteiger partial charge in [-0.05, 0) is 18.4 Å². The largest absolute Gasteiger partial charge is 0.481 e. The van der Waals surface area contributed by atoms with Crippen molar-refractivity contribution in [2.45, 2.75) is 31.1 Å². The highest BCUT2D eigenvalue weighted by molar-refractivity contribution is 5.84. The van der Waals surface area contributed by atoms with Gasteiger partial charge in [-0.15, -0.1) is 0 Å². The molecule has 86 valence electrons. The van der Waals surface area contributed by atoms with Gasteiger partial charge in [0.15, 0.2) is 0 Å². The van der Waals surface area contributed by atoms with E-state index >= 15 is 0 Å². The molecular weight excluding hydrogens is 214 g/mol. The Morgan fingerprint density at radius 3 is 2.12 bits per heavy atom. The van der Waals surface area contributed by atoms with Gasteiger partial charge in [-0.3, -0.25) is 4.79 Å². The second kappa shape index (κ2) is 3.27. The summed E-state index contributed by atoms with van der Waals surface area (Å²) < 4.78 is 25.9. The predicted octanol–water partition coefficient (Wildman–Crippen LogP) is 2.91. The van der Waals surface area contributed by atoms with Crippen LogP contribution in [0.4, 0.5) is 8.78 Å². The van der Waals surface area contributed by atoms with Gasteiger partial charge in [0.05, 0.1) is 5.41 Å². The summed E-state index contributed by atoms with van der Waals surface area (Å²) in [5.74, 6) is -3.75. The summed E-state index contributed by atoms with van der Waals surface area (Å²) in [7, 11) is 0. The van der Waals surface area contributed by atoms with Crippen molar-refractivity contribution in [2.24, 2.45) is 0 Å². The summed E-state index contributed by atoms with van der Waals surface area (Å²) in [6.07, 6.45) is 1.17. The molecule has 1 N–H and O–H groups in total.